The lowest BCUT2D eigenvalue weighted by atomic mass is 10.1. The summed E-state index contributed by atoms with van der Waals surface area (Å²) in [5.41, 5.74) is 0.813. The van der Waals surface area contributed by atoms with Crippen molar-refractivity contribution in [1.29, 1.82) is 0 Å². The molecule has 0 fully saturated rings. The Labute approximate surface area is 83.6 Å². The molecule has 0 saturated carbocycles. The third-order valence-electron chi connectivity index (χ3n) is 1.78. The van der Waals surface area contributed by atoms with Gasteiger partial charge in [-0.05, 0) is 24.6 Å². The molecule has 78 valence electrons. The van der Waals surface area contributed by atoms with Crippen LogP contribution >= 0.6 is 0 Å². The Bertz CT molecular complexity index is 397. The van der Waals surface area contributed by atoms with E-state index in [4.69, 9.17) is 5.11 Å². The summed E-state index contributed by atoms with van der Waals surface area (Å²) in [6, 6.07) is 6.12. The average molecular weight is 215 g/mol. The van der Waals surface area contributed by atoms with Crippen LogP contribution in [0.1, 0.15) is 18.5 Å². The standard InChI is InChI=1S/C9H13NO3S/c1-7(10-14(2,12)13)8-3-5-9(11)6-4-8/h3-7,10-11H,1-2H3/t7-/m0/s1. The average Bonchev–Trinajstić information content (AvgIpc) is 2.02. The number of aromatic hydroxyl groups is 1. The molecule has 0 aliphatic heterocycles. The summed E-state index contributed by atoms with van der Waals surface area (Å²) in [4.78, 5) is 0. The van der Waals surface area contributed by atoms with E-state index in [0.29, 0.717) is 0 Å². The maximum absolute atomic E-state index is 10.9. The lowest BCUT2D eigenvalue weighted by molar-refractivity contribution is 0.475. The fraction of sp³-hybridized carbons (Fsp3) is 0.333. The molecular weight excluding hydrogens is 202 g/mol. The van der Waals surface area contributed by atoms with Gasteiger partial charge in [0, 0.05) is 6.04 Å². The van der Waals surface area contributed by atoms with Crippen LogP contribution in [0, 0.1) is 0 Å². The van der Waals surface area contributed by atoms with Gasteiger partial charge in [-0.15, -0.1) is 0 Å². The molecule has 0 amide bonds. The highest BCUT2D eigenvalue weighted by Gasteiger charge is 2.10. The molecule has 5 heteroatoms. The van der Waals surface area contributed by atoms with E-state index in [9.17, 15) is 8.42 Å². The van der Waals surface area contributed by atoms with Crippen molar-refractivity contribution in [3.63, 3.8) is 0 Å². The first kappa shape index (κ1) is 11.0. The normalized spacial score (nSPS) is 13.9. The number of hydrogen-bond acceptors (Lipinski definition) is 3. The second kappa shape index (κ2) is 3.98. The van der Waals surface area contributed by atoms with Crippen LogP contribution in [0.3, 0.4) is 0 Å². The largest absolute Gasteiger partial charge is 0.508 e. The minimum absolute atomic E-state index is 0.167. The molecule has 1 aromatic carbocycles. The van der Waals surface area contributed by atoms with Crippen LogP contribution in [0.2, 0.25) is 0 Å². The zero-order valence-corrected chi connectivity index (χ0v) is 8.88. The van der Waals surface area contributed by atoms with E-state index in [1.807, 2.05) is 0 Å². The van der Waals surface area contributed by atoms with Gasteiger partial charge >= 0.3 is 0 Å². The molecule has 0 aromatic heterocycles. The predicted molar refractivity (Wildman–Crippen MR) is 54.5 cm³/mol. The van der Waals surface area contributed by atoms with E-state index in [-0.39, 0.29) is 11.8 Å². The van der Waals surface area contributed by atoms with Crippen LogP contribution in [0.25, 0.3) is 0 Å². The van der Waals surface area contributed by atoms with E-state index in [1.54, 1.807) is 19.1 Å². The fourth-order valence-corrected chi connectivity index (χ4v) is 1.93. The lowest BCUT2D eigenvalue weighted by Gasteiger charge is -2.12. The summed E-state index contributed by atoms with van der Waals surface area (Å²) in [7, 11) is -3.19. The SMILES string of the molecule is C[C@H](NS(C)(=O)=O)c1ccc(O)cc1. The summed E-state index contributed by atoms with van der Waals surface area (Å²) in [6.07, 6.45) is 1.11. The van der Waals surface area contributed by atoms with Crippen molar-refractivity contribution >= 4 is 10.0 Å². The number of rotatable bonds is 3. The van der Waals surface area contributed by atoms with Gasteiger partial charge in [-0.25, -0.2) is 13.1 Å². The van der Waals surface area contributed by atoms with E-state index in [1.165, 1.54) is 12.1 Å². The Morgan fingerprint density at radius 3 is 2.21 bits per heavy atom. The molecule has 1 aromatic rings. The highest BCUT2D eigenvalue weighted by Crippen LogP contribution is 2.16. The molecule has 0 bridgehead atoms. The summed E-state index contributed by atoms with van der Waals surface area (Å²) >= 11 is 0. The number of sulfonamides is 1. The molecule has 1 atom stereocenters. The van der Waals surface area contributed by atoms with Crippen molar-refractivity contribution in [3.8, 4) is 5.75 Å². The zero-order chi connectivity index (χ0) is 10.8. The molecule has 0 aliphatic carbocycles. The van der Waals surface area contributed by atoms with Gasteiger partial charge in [-0.1, -0.05) is 12.1 Å². The first-order valence-corrected chi connectivity index (χ1v) is 6.04. The Morgan fingerprint density at radius 1 is 1.29 bits per heavy atom. The first-order valence-electron chi connectivity index (χ1n) is 4.15. The molecule has 0 heterocycles. The summed E-state index contributed by atoms with van der Waals surface area (Å²) in [5, 5.41) is 9.03. The minimum Gasteiger partial charge on any atom is -0.508 e. The second-order valence-electron chi connectivity index (χ2n) is 3.20. The zero-order valence-electron chi connectivity index (χ0n) is 8.06. The quantitative estimate of drug-likeness (QED) is 0.790. The van der Waals surface area contributed by atoms with Crippen molar-refractivity contribution in [1.82, 2.24) is 4.72 Å². The van der Waals surface area contributed by atoms with Gasteiger partial charge < -0.3 is 5.11 Å². The lowest BCUT2D eigenvalue weighted by Crippen LogP contribution is -2.25. The number of nitrogens with one attached hydrogen (secondary N) is 1. The number of hydrogen-bond donors (Lipinski definition) is 2. The third-order valence-corrected chi connectivity index (χ3v) is 2.57. The van der Waals surface area contributed by atoms with Crippen LogP contribution in [0.4, 0.5) is 0 Å². The smallest absolute Gasteiger partial charge is 0.209 e. The van der Waals surface area contributed by atoms with E-state index in [0.717, 1.165) is 11.8 Å². The molecule has 0 unspecified atom stereocenters. The second-order valence-corrected chi connectivity index (χ2v) is 4.98. The monoisotopic (exact) mass is 215 g/mol. The first-order chi connectivity index (χ1) is 6.38. The van der Waals surface area contributed by atoms with Crippen molar-refractivity contribution in [2.45, 2.75) is 13.0 Å². The van der Waals surface area contributed by atoms with Crippen LogP contribution in [0.15, 0.2) is 24.3 Å². The molecule has 1 rings (SSSR count). The van der Waals surface area contributed by atoms with Crippen molar-refractivity contribution < 1.29 is 13.5 Å². The van der Waals surface area contributed by atoms with Crippen LogP contribution < -0.4 is 4.72 Å². The Kier molecular flexibility index (Phi) is 3.13. The molecule has 0 radical (unpaired) electrons. The van der Waals surface area contributed by atoms with Gasteiger partial charge in [0.05, 0.1) is 6.26 Å². The maximum Gasteiger partial charge on any atom is 0.209 e. The van der Waals surface area contributed by atoms with Gasteiger partial charge in [0.25, 0.3) is 0 Å². The highest BCUT2D eigenvalue weighted by molar-refractivity contribution is 7.88. The highest BCUT2D eigenvalue weighted by atomic mass is 32.2. The Hall–Kier alpha value is -1.07. The molecular formula is C9H13NO3S. The van der Waals surface area contributed by atoms with Crippen LogP contribution in [0.5, 0.6) is 5.75 Å². The fourth-order valence-electron chi connectivity index (χ4n) is 1.15. The molecule has 0 spiro atoms. The third kappa shape index (κ3) is 3.35. The molecule has 2 N–H and O–H groups in total. The Balaban J connectivity index is 2.80. The predicted octanol–water partition coefficient (Wildman–Crippen LogP) is 1.00. The summed E-state index contributed by atoms with van der Waals surface area (Å²) < 4.78 is 24.3. The molecule has 0 saturated heterocycles. The Morgan fingerprint density at radius 2 is 1.79 bits per heavy atom. The van der Waals surface area contributed by atoms with Crippen molar-refractivity contribution in [2.24, 2.45) is 0 Å². The van der Waals surface area contributed by atoms with Crippen LogP contribution in [-0.2, 0) is 10.0 Å². The van der Waals surface area contributed by atoms with Crippen molar-refractivity contribution in [3.05, 3.63) is 29.8 Å². The van der Waals surface area contributed by atoms with Gasteiger partial charge in [0.2, 0.25) is 10.0 Å². The summed E-state index contributed by atoms with van der Waals surface area (Å²) in [6.45, 7) is 1.74. The molecule has 14 heavy (non-hydrogen) atoms. The number of phenols is 1. The summed E-state index contributed by atoms with van der Waals surface area (Å²) in [5.74, 6) is 0.167. The number of phenolic OH excluding ortho intramolecular Hbond substituents is 1. The van der Waals surface area contributed by atoms with Crippen LogP contribution in [-0.4, -0.2) is 19.8 Å². The van der Waals surface area contributed by atoms with Gasteiger partial charge in [-0.3, -0.25) is 0 Å². The van der Waals surface area contributed by atoms with Gasteiger partial charge in [0.15, 0.2) is 0 Å². The van der Waals surface area contributed by atoms with E-state index in [2.05, 4.69) is 4.72 Å². The van der Waals surface area contributed by atoms with E-state index >= 15 is 0 Å². The maximum atomic E-state index is 10.9. The van der Waals surface area contributed by atoms with E-state index < -0.39 is 10.0 Å². The van der Waals surface area contributed by atoms with Crippen molar-refractivity contribution in [2.75, 3.05) is 6.26 Å². The van der Waals surface area contributed by atoms with Gasteiger partial charge in [0.1, 0.15) is 5.75 Å². The van der Waals surface area contributed by atoms with Gasteiger partial charge in [-0.2, -0.15) is 0 Å². The molecule has 4 nitrogen and oxygen atoms in total. The minimum atomic E-state index is -3.19. The number of benzene rings is 1. The topological polar surface area (TPSA) is 66.4 Å². The molecule has 0 aliphatic rings.